The Hall–Kier alpha value is -2.62. The molecule has 0 aliphatic heterocycles. The topological polar surface area (TPSA) is 61.6 Å². The number of nitrogens with zero attached hydrogens (tertiary/aromatic N) is 3. The highest BCUT2D eigenvalue weighted by molar-refractivity contribution is 5.61. The largest absolute Gasteiger partial charge is 0.418 e. The van der Waals surface area contributed by atoms with E-state index in [0.717, 1.165) is 6.07 Å². The van der Waals surface area contributed by atoms with Crippen LogP contribution in [0.5, 0.6) is 0 Å². The molecule has 2 aromatic rings. The number of para-hydroxylation sites is 1. The molecule has 0 saturated heterocycles. The number of hydrogen-bond acceptors (Lipinski definition) is 4. The Labute approximate surface area is 106 Å². The van der Waals surface area contributed by atoms with Crippen molar-refractivity contribution in [2.75, 3.05) is 5.32 Å². The SMILES string of the molecule is N#Cc1nccc(Nc2ccccc2C(F)(F)F)n1. The molecule has 0 spiro atoms. The van der Waals surface area contributed by atoms with E-state index in [1.165, 1.54) is 30.5 Å². The molecule has 19 heavy (non-hydrogen) atoms. The minimum absolute atomic E-state index is 0.116. The predicted molar refractivity (Wildman–Crippen MR) is 61.5 cm³/mol. The first-order valence-corrected chi connectivity index (χ1v) is 5.17. The first-order chi connectivity index (χ1) is 9.00. The average Bonchev–Trinajstić information content (AvgIpc) is 2.38. The maximum absolute atomic E-state index is 12.8. The van der Waals surface area contributed by atoms with Crippen molar-refractivity contribution < 1.29 is 13.2 Å². The van der Waals surface area contributed by atoms with Crippen LogP contribution < -0.4 is 5.32 Å². The first-order valence-electron chi connectivity index (χ1n) is 5.17. The molecule has 1 aromatic carbocycles. The molecule has 0 aliphatic rings. The molecular weight excluding hydrogens is 257 g/mol. The second kappa shape index (κ2) is 4.94. The summed E-state index contributed by atoms with van der Waals surface area (Å²) in [6, 6.07) is 8.13. The van der Waals surface area contributed by atoms with E-state index in [4.69, 9.17) is 5.26 Å². The van der Waals surface area contributed by atoms with E-state index in [0.29, 0.717) is 0 Å². The summed E-state index contributed by atoms with van der Waals surface area (Å²) < 4.78 is 38.3. The normalized spacial score (nSPS) is 10.8. The third kappa shape index (κ3) is 2.98. The minimum Gasteiger partial charge on any atom is -0.340 e. The zero-order valence-electron chi connectivity index (χ0n) is 9.44. The monoisotopic (exact) mass is 264 g/mol. The number of nitriles is 1. The Balaban J connectivity index is 2.36. The van der Waals surface area contributed by atoms with Gasteiger partial charge in [0.05, 0.1) is 11.3 Å². The van der Waals surface area contributed by atoms with Crippen molar-refractivity contribution in [3.8, 4) is 6.07 Å². The van der Waals surface area contributed by atoms with Crippen LogP contribution >= 0.6 is 0 Å². The van der Waals surface area contributed by atoms with Crippen LogP contribution in [-0.2, 0) is 6.18 Å². The molecule has 96 valence electrons. The zero-order valence-corrected chi connectivity index (χ0v) is 9.44. The van der Waals surface area contributed by atoms with Crippen LogP contribution in [0.25, 0.3) is 0 Å². The van der Waals surface area contributed by atoms with Gasteiger partial charge in [0.2, 0.25) is 5.82 Å². The molecule has 0 aliphatic carbocycles. The van der Waals surface area contributed by atoms with E-state index >= 15 is 0 Å². The number of anilines is 2. The standard InChI is InChI=1S/C12H7F3N4/c13-12(14,15)8-3-1-2-4-9(8)18-10-5-6-17-11(7-16)19-10/h1-6H,(H,17,18,19). The lowest BCUT2D eigenvalue weighted by Crippen LogP contribution is -2.09. The van der Waals surface area contributed by atoms with Gasteiger partial charge in [-0.05, 0) is 18.2 Å². The summed E-state index contributed by atoms with van der Waals surface area (Å²) in [5, 5.41) is 11.2. The van der Waals surface area contributed by atoms with Crippen LogP contribution in [0.3, 0.4) is 0 Å². The third-order valence-electron chi connectivity index (χ3n) is 2.25. The van der Waals surface area contributed by atoms with Crippen molar-refractivity contribution in [2.45, 2.75) is 6.18 Å². The summed E-state index contributed by atoms with van der Waals surface area (Å²) in [6.07, 6.45) is -3.17. The van der Waals surface area contributed by atoms with Crippen molar-refractivity contribution in [1.82, 2.24) is 9.97 Å². The van der Waals surface area contributed by atoms with Crippen LogP contribution in [0.2, 0.25) is 0 Å². The van der Waals surface area contributed by atoms with E-state index in [1.807, 2.05) is 0 Å². The molecule has 0 fully saturated rings. The Kier molecular flexibility index (Phi) is 3.33. The van der Waals surface area contributed by atoms with Crippen molar-refractivity contribution in [3.63, 3.8) is 0 Å². The fraction of sp³-hybridized carbons (Fsp3) is 0.0833. The molecule has 0 bridgehead atoms. The second-order valence-corrected chi connectivity index (χ2v) is 3.55. The number of hydrogen-bond donors (Lipinski definition) is 1. The van der Waals surface area contributed by atoms with E-state index in [2.05, 4.69) is 15.3 Å². The molecule has 4 nitrogen and oxygen atoms in total. The molecule has 0 unspecified atom stereocenters. The van der Waals surface area contributed by atoms with Gasteiger partial charge in [-0.15, -0.1) is 0 Å². The van der Waals surface area contributed by atoms with Crippen molar-refractivity contribution in [3.05, 3.63) is 47.9 Å². The van der Waals surface area contributed by atoms with E-state index < -0.39 is 11.7 Å². The number of aromatic nitrogens is 2. The summed E-state index contributed by atoms with van der Waals surface area (Å²) in [5.41, 5.74) is -0.926. The summed E-state index contributed by atoms with van der Waals surface area (Å²) in [6.45, 7) is 0. The van der Waals surface area contributed by atoms with Crippen molar-refractivity contribution in [2.24, 2.45) is 0 Å². The van der Waals surface area contributed by atoms with E-state index in [9.17, 15) is 13.2 Å². The van der Waals surface area contributed by atoms with Crippen LogP contribution in [0.4, 0.5) is 24.7 Å². The van der Waals surface area contributed by atoms with Gasteiger partial charge in [0.1, 0.15) is 11.9 Å². The highest BCUT2D eigenvalue weighted by Gasteiger charge is 2.33. The first kappa shape index (κ1) is 12.8. The molecule has 2 rings (SSSR count). The van der Waals surface area contributed by atoms with E-state index in [1.54, 1.807) is 6.07 Å². The molecule has 1 heterocycles. The Morgan fingerprint density at radius 2 is 1.89 bits per heavy atom. The number of alkyl halides is 3. The summed E-state index contributed by atoms with van der Waals surface area (Å²) in [7, 11) is 0. The van der Waals surface area contributed by atoms with Crippen LogP contribution in [0.1, 0.15) is 11.4 Å². The summed E-state index contributed by atoms with van der Waals surface area (Å²) in [4.78, 5) is 7.40. The molecule has 0 radical (unpaired) electrons. The van der Waals surface area contributed by atoms with Gasteiger partial charge >= 0.3 is 6.18 Å². The lowest BCUT2D eigenvalue weighted by molar-refractivity contribution is -0.136. The average molecular weight is 264 g/mol. The van der Waals surface area contributed by atoms with Crippen molar-refractivity contribution >= 4 is 11.5 Å². The van der Waals surface area contributed by atoms with Gasteiger partial charge < -0.3 is 5.32 Å². The molecule has 0 amide bonds. The molecule has 0 atom stereocenters. The van der Waals surface area contributed by atoms with Crippen LogP contribution in [-0.4, -0.2) is 9.97 Å². The van der Waals surface area contributed by atoms with Gasteiger partial charge in [-0.1, -0.05) is 12.1 Å². The van der Waals surface area contributed by atoms with Crippen LogP contribution in [0.15, 0.2) is 36.5 Å². The number of nitrogens with one attached hydrogen (secondary N) is 1. The van der Waals surface area contributed by atoms with Gasteiger partial charge in [-0.3, -0.25) is 0 Å². The maximum atomic E-state index is 12.8. The fourth-order valence-electron chi connectivity index (χ4n) is 1.46. The van der Waals surface area contributed by atoms with Gasteiger partial charge in [0.25, 0.3) is 0 Å². The van der Waals surface area contributed by atoms with Gasteiger partial charge in [0.15, 0.2) is 0 Å². The summed E-state index contributed by atoms with van der Waals surface area (Å²) >= 11 is 0. The van der Waals surface area contributed by atoms with Gasteiger partial charge in [-0.25, -0.2) is 9.97 Å². The van der Waals surface area contributed by atoms with E-state index in [-0.39, 0.29) is 17.3 Å². The van der Waals surface area contributed by atoms with Gasteiger partial charge in [-0.2, -0.15) is 18.4 Å². The fourth-order valence-corrected chi connectivity index (χ4v) is 1.46. The molecule has 1 N–H and O–H groups in total. The highest BCUT2D eigenvalue weighted by atomic mass is 19.4. The third-order valence-corrected chi connectivity index (χ3v) is 2.25. The van der Waals surface area contributed by atoms with Crippen molar-refractivity contribution in [1.29, 1.82) is 5.26 Å². The lowest BCUT2D eigenvalue weighted by atomic mass is 10.1. The van der Waals surface area contributed by atoms with Gasteiger partial charge in [0, 0.05) is 6.20 Å². The number of benzene rings is 1. The van der Waals surface area contributed by atoms with Crippen LogP contribution in [0, 0.1) is 11.3 Å². The molecule has 7 heteroatoms. The summed E-state index contributed by atoms with van der Waals surface area (Å²) in [5.74, 6) is 0.0118. The number of halogens is 3. The second-order valence-electron chi connectivity index (χ2n) is 3.55. The maximum Gasteiger partial charge on any atom is 0.418 e. The highest BCUT2D eigenvalue weighted by Crippen LogP contribution is 2.35. The lowest BCUT2D eigenvalue weighted by Gasteiger charge is -2.13. The molecule has 0 saturated carbocycles. The minimum atomic E-state index is -4.46. The smallest absolute Gasteiger partial charge is 0.340 e. The zero-order chi connectivity index (χ0) is 13.9. The molecule has 1 aromatic heterocycles. The quantitative estimate of drug-likeness (QED) is 0.905. The Bertz CT molecular complexity index is 631. The Morgan fingerprint density at radius 3 is 2.58 bits per heavy atom. The number of rotatable bonds is 2. The molecular formula is C12H7F3N4. The Morgan fingerprint density at radius 1 is 1.16 bits per heavy atom. The predicted octanol–water partition coefficient (Wildman–Crippen LogP) is 3.11.